The number of fused-ring (bicyclic) bond motifs is 3. The molecule has 0 radical (unpaired) electrons. The summed E-state index contributed by atoms with van der Waals surface area (Å²) < 4.78 is 12.0. The Kier molecular flexibility index (Phi) is 2.58. The summed E-state index contributed by atoms with van der Waals surface area (Å²) in [7, 11) is 0. The van der Waals surface area contributed by atoms with Crippen molar-refractivity contribution in [3.63, 3.8) is 0 Å². The van der Waals surface area contributed by atoms with E-state index < -0.39 is 0 Å². The number of pyridine rings is 1. The maximum Gasteiger partial charge on any atom is 0.153 e. The number of benzene rings is 1. The average Bonchev–Trinajstić information content (AvgIpc) is 2.91. The van der Waals surface area contributed by atoms with Gasteiger partial charge in [0.1, 0.15) is 22.6 Å². The molecule has 0 unspecified atom stereocenters. The third-order valence-corrected chi connectivity index (χ3v) is 4.05. The van der Waals surface area contributed by atoms with Crippen LogP contribution in [0.3, 0.4) is 0 Å². The number of hydrogen-bond acceptors (Lipinski definition) is 3. The molecule has 21 heavy (non-hydrogen) atoms. The summed E-state index contributed by atoms with van der Waals surface area (Å²) in [5.74, 6) is 1.79. The fourth-order valence-electron chi connectivity index (χ4n) is 2.91. The second-order valence-electron chi connectivity index (χ2n) is 6.14. The number of ether oxygens (including phenoxy) is 1. The zero-order chi connectivity index (χ0) is 14.4. The topological polar surface area (TPSA) is 35.3 Å². The molecule has 0 amide bonds. The predicted octanol–water partition coefficient (Wildman–Crippen LogP) is 4.60. The second kappa shape index (κ2) is 4.35. The molecule has 1 aromatic carbocycles. The van der Waals surface area contributed by atoms with Crippen LogP contribution < -0.4 is 4.74 Å². The van der Waals surface area contributed by atoms with Crippen molar-refractivity contribution >= 4 is 11.0 Å². The van der Waals surface area contributed by atoms with Crippen molar-refractivity contribution in [2.24, 2.45) is 0 Å². The molecule has 0 fully saturated rings. The third kappa shape index (κ3) is 2.09. The van der Waals surface area contributed by atoms with Crippen LogP contribution in [-0.4, -0.2) is 10.6 Å². The van der Waals surface area contributed by atoms with Gasteiger partial charge in [0.25, 0.3) is 0 Å². The van der Waals surface area contributed by atoms with Crippen LogP contribution in [0.4, 0.5) is 0 Å². The number of rotatable bonds is 1. The highest BCUT2D eigenvalue weighted by Gasteiger charge is 2.28. The molecule has 0 atom stereocenters. The van der Waals surface area contributed by atoms with Crippen molar-refractivity contribution in [1.29, 1.82) is 0 Å². The lowest BCUT2D eigenvalue weighted by molar-refractivity contribution is 0.0853. The van der Waals surface area contributed by atoms with Gasteiger partial charge in [-0.15, -0.1) is 0 Å². The highest BCUT2D eigenvalue weighted by atomic mass is 16.5. The van der Waals surface area contributed by atoms with Gasteiger partial charge in [-0.05, 0) is 57.0 Å². The molecule has 0 saturated carbocycles. The molecule has 0 aliphatic carbocycles. The van der Waals surface area contributed by atoms with E-state index in [1.54, 1.807) is 6.20 Å². The molecule has 4 rings (SSSR count). The number of hydrogen-bond donors (Lipinski definition) is 0. The van der Waals surface area contributed by atoms with E-state index in [-0.39, 0.29) is 5.60 Å². The second-order valence-corrected chi connectivity index (χ2v) is 6.14. The minimum atomic E-state index is -0.0891. The number of aryl methyl sites for hydroxylation is 1. The highest BCUT2D eigenvalue weighted by Crippen LogP contribution is 2.39. The van der Waals surface area contributed by atoms with Crippen LogP contribution in [0, 0.1) is 0 Å². The Morgan fingerprint density at radius 3 is 2.86 bits per heavy atom. The predicted molar refractivity (Wildman–Crippen MR) is 82.5 cm³/mol. The monoisotopic (exact) mass is 279 g/mol. The third-order valence-electron chi connectivity index (χ3n) is 4.05. The fraction of sp³-hybridized carbons (Fsp3) is 0.278. The Morgan fingerprint density at radius 1 is 1.14 bits per heavy atom. The van der Waals surface area contributed by atoms with Gasteiger partial charge in [0, 0.05) is 17.1 Å². The van der Waals surface area contributed by atoms with E-state index in [9.17, 15) is 0 Å². The molecule has 0 N–H and O–H groups in total. The average molecular weight is 279 g/mol. The first kappa shape index (κ1) is 12.5. The number of furan rings is 1. The van der Waals surface area contributed by atoms with Gasteiger partial charge in [-0.1, -0.05) is 6.07 Å². The summed E-state index contributed by atoms with van der Waals surface area (Å²) >= 11 is 0. The van der Waals surface area contributed by atoms with Gasteiger partial charge in [0.2, 0.25) is 0 Å². The Hall–Kier alpha value is -2.29. The Bertz CT molecular complexity index is 803. The van der Waals surface area contributed by atoms with Crippen molar-refractivity contribution in [2.75, 3.05) is 0 Å². The summed E-state index contributed by atoms with van der Waals surface area (Å²) in [6, 6.07) is 11.9. The SMILES string of the molecule is CC1(C)CCc2c(ccc3oc(-c4ccccn4)cc23)O1. The van der Waals surface area contributed by atoms with Gasteiger partial charge in [-0.3, -0.25) is 4.98 Å². The van der Waals surface area contributed by atoms with Gasteiger partial charge in [-0.25, -0.2) is 0 Å². The van der Waals surface area contributed by atoms with Crippen LogP contribution >= 0.6 is 0 Å². The molecule has 1 aliphatic rings. The van der Waals surface area contributed by atoms with E-state index in [2.05, 4.69) is 24.9 Å². The van der Waals surface area contributed by atoms with Gasteiger partial charge in [0.15, 0.2) is 5.76 Å². The number of aromatic nitrogens is 1. The van der Waals surface area contributed by atoms with Gasteiger partial charge in [0.05, 0.1) is 0 Å². The lowest BCUT2D eigenvalue weighted by Gasteiger charge is -2.32. The summed E-state index contributed by atoms with van der Waals surface area (Å²) in [6.07, 6.45) is 3.81. The van der Waals surface area contributed by atoms with Crippen LogP contribution in [-0.2, 0) is 6.42 Å². The van der Waals surface area contributed by atoms with E-state index >= 15 is 0 Å². The maximum atomic E-state index is 6.09. The molecular weight excluding hydrogens is 262 g/mol. The van der Waals surface area contributed by atoms with E-state index in [1.165, 1.54) is 5.56 Å². The number of nitrogens with zero attached hydrogens (tertiary/aromatic N) is 1. The van der Waals surface area contributed by atoms with E-state index in [1.807, 2.05) is 30.3 Å². The molecule has 1 aliphatic heterocycles. The molecule has 2 aromatic heterocycles. The van der Waals surface area contributed by atoms with Crippen LogP contribution in [0.15, 0.2) is 47.0 Å². The summed E-state index contributed by atoms with van der Waals surface area (Å²) in [5.41, 5.74) is 2.92. The molecule has 0 saturated heterocycles. The first-order valence-electron chi connectivity index (χ1n) is 7.28. The minimum absolute atomic E-state index is 0.0891. The zero-order valence-electron chi connectivity index (χ0n) is 12.2. The first-order valence-corrected chi connectivity index (χ1v) is 7.28. The zero-order valence-corrected chi connectivity index (χ0v) is 12.2. The summed E-state index contributed by atoms with van der Waals surface area (Å²) in [6.45, 7) is 4.27. The quantitative estimate of drug-likeness (QED) is 0.653. The lowest BCUT2D eigenvalue weighted by Crippen LogP contribution is -2.32. The van der Waals surface area contributed by atoms with Gasteiger partial charge in [-0.2, -0.15) is 0 Å². The van der Waals surface area contributed by atoms with E-state index in [4.69, 9.17) is 9.15 Å². The largest absolute Gasteiger partial charge is 0.488 e. The first-order chi connectivity index (χ1) is 10.1. The maximum absolute atomic E-state index is 6.09. The van der Waals surface area contributed by atoms with Crippen LogP contribution in [0.2, 0.25) is 0 Å². The molecular formula is C18H17NO2. The smallest absolute Gasteiger partial charge is 0.153 e. The van der Waals surface area contributed by atoms with Crippen molar-refractivity contribution < 1.29 is 9.15 Å². The lowest BCUT2D eigenvalue weighted by atomic mass is 9.92. The molecule has 3 heteroatoms. The summed E-state index contributed by atoms with van der Waals surface area (Å²) in [4.78, 5) is 4.35. The molecule has 106 valence electrons. The molecule has 0 bridgehead atoms. The van der Waals surface area contributed by atoms with Crippen molar-refractivity contribution in [1.82, 2.24) is 4.98 Å². The molecule has 0 spiro atoms. The van der Waals surface area contributed by atoms with Crippen LogP contribution in [0.1, 0.15) is 25.8 Å². The van der Waals surface area contributed by atoms with Crippen LogP contribution in [0.25, 0.3) is 22.4 Å². The minimum Gasteiger partial charge on any atom is -0.488 e. The Morgan fingerprint density at radius 2 is 2.05 bits per heavy atom. The highest BCUT2D eigenvalue weighted by molar-refractivity contribution is 5.87. The van der Waals surface area contributed by atoms with Gasteiger partial charge < -0.3 is 9.15 Å². The fourth-order valence-corrected chi connectivity index (χ4v) is 2.91. The summed E-state index contributed by atoms with van der Waals surface area (Å²) in [5, 5.41) is 1.14. The normalized spacial score (nSPS) is 16.5. The molecule has 3 heterocycles. The van der Waals surface area contributed by atoms with Crippen molar-refractivity contribution in [3.05, 3.63) is 48.2 Å². The van der Waals surface area contributed by atoms with E-state index in [0.29, 0.717) is 0 Å². The van der Waals surface area contributed by atoms with Crippen LogP contribution in [0.5, 0.6) is 5.75 Å². The van der Waals surface area contributed by atoms with Gasteiger partial charge >= 0.3 is 0 Å². The molecule has 3 aromatic rings. The van der Waals surface area contributed by atoms with Crippen molar-refractivity contribution in [2.45, 2.75) is 32.3 Å². The van der Waals surface area contributed by atoms with Crippen molar-refractivity contribution in [3.8, 4) is 17.2 Å². The Labute approximate surface area is 123 Å². The standard InChI is InChI=1S/C18H17NO2/c1-18(2)9-8-12-13-11-17(14-5-3-4-10-19-14)20-15(13)6-7-16(12)21-18/h3-7,10-11H,8-9H2,1-2H3. The Balaban J connectivity index is 1.86. The van der Waals surface area contributed by atoms with E-state index in [0.717, 1.165) is 41.0 Å². The molecule has 3 nitrogen and oxygen atoms in total.